The maximum Gasteiger partial charge on any atom is 0.226 e. The second-order valence-corrected chi connectivity index (χ2v) is 7.85. The molecule has 0 fully saturated rings. The fraction of sp³-hybridized carbons (Fsp3) is 0.227. The van der Waals surface area contributed by atoms with Crippen LogP contribution in [0.5, 0.6) is 0 Å². The van der Waals surface area contributed by atoms with Crippen molar-refractivity contribution in [2.75, 3.05) is 0 Å². The van der Waals surface area contributed by atoms with E-state index in [1.54, 1.807) is 18.0 Å². The Hall–Kier alpha value is -2.86. The summed E-state index contributed by atoms with van der Waals surface area (Å²) in [6, 6.07) is 14.5. The molecule has 0 saturated heterocycles. The first-order valence-electron chi connectivity index (χ1n) is 9.16. The molecule has 4 aromatic rings. The molecule has 6 heteroatoms. The van der Waals surface area contributed by atoms with Crippen LogP contribution in [-0.2, 0) is 5.75 Å². The highest BCUT2D eigenvalue weighted by atomic mass is 32.2. The number of oxazole rings is 1. The van der Waals surface area contributed by atoms with Crippen LogP contribution in [0.1, 0.15) is 28.2 Å². The topological polar surface area (TPSA) is 56.7 Å². The number of thioether (sulfide) groups is 1. The van der Waals surface area contributed by atoms with Crippen molar-refractivity contribution in [3.05, 3.63) is 76.9 Å². The van der Waals surface area contributed by atoms with Crippen LogP contribution >= 0.6 is 11.8 Å². The van der Waals surface area contributed by atoms with Crippen LogP contribution in [0, 0.1) is 27.7 Å². The van der Waals surface area contributed by atoms with Crippen LogP contribution < -0.4 is 0 Å². The summed E-state index contributed by atoms with van der Waals surface area (Å²) in [4.78, 5) is 4.67. The molecule has 0 saturated carbocycles. The van der Waals surface area contributed by atoms with E-state index in [4.69, 9.17) is 4.42 Å². The zero-order valence-corrected chi connectivity index (χ0v) is 17.2. The Morgan fingerprint density at radius 1 is 0.964 bits per heavy atom. The molecular formula is C22H22N4OS. The smallest absolute Gasteiger partial charge is 0.226 e. The molecule has 0 atom stereocenters. The van der Waals surface area contributed by atoms with Gasteiger partial charge in [0, 0.05) is 11.3 Å². The lowest BCUT2D eigenvalue weighted by Crippen LogP contribution is -2.01. The number of aryl methyl sites for hydroxylation is 4. The van der Waals surface area contributed by atoms with E-state index in [1.165, 1.54) is 11.1 Å². The monoisotopic (exact) mass is 390 g/mol. The second-order valence-electron chi connectivity index (χ2n) is 6.90. The minimum absolute atomic E-state index is 0.657. The third-order valence-electron chi connectivity index (χ3n) is 4.66. The van der Waals surface area contributed by atoms with Crippen LogP contribution in [0.3, 0.4) is 0 Å². The van der Waals surface area contributed by atoms with E-state index in [0.717, 1.165) is 33.5 Å². The molecule has 2 aromatic heterocycles. The van der Waals surface area contributed by atoms with E-state index < -0.39 is 0 Å². The molecule has 0 aliphatic carbocycles. The Morgan fingerprint density at radius 3 is 2.57 bits per heavy atom. The van der Waals surface area contributed by atoms with Gasteiger partial charge >= 0.3 is 0 Å². The number of rotatable bonds is 5. The fourth-order valence-electron chi connectivity index (χ4n) is 3.22. The van der Waals surface area contributed by atoms with Gasteiger partial charge in [0.25, 0.3) is 0 Å². The molecule has 0 spiro atoms. The van der Waals surface area contributed by atoms with E-state index in [2.05, 4.69) is 70.9 Å². The SMILES string of the molecule is Cc1ccc(-c2nc(CSc3nnc(C)n3-c3ccccc3C)co2)c(C)c1. The van der Waals surface area contributed by atoms with Gasteiger partial charge in [0.2, 0.25) is 5.89 Å². The predicted molar refractivity (Wildman–Crippen MR) is 112 cm³/mol. The number of benzene rings is 2. The number of aromatic nitrogens is 4. The zero-order valence-electron chi connectivity index (χ0n) is 16.4. The van der Waals surface area contributed by atoms with Crippen molar-refractivity contribution in [3.63, 3.8) is 0 Å². The summed E-state index contributed by atoms with van der Waals surface area (Å²) >= 11 is 1.61. The zero-order chi connectivity index (χ0) is 19.7. The molecule has 2 aromatic carbocycles. The molecule has 0 N–H and O–H groups in total. The maximum absolute atomic E-state index is 5.73. The third kappa shape index (κ3) is 3.60. The Labute approximate surface area is 168 Å². The average molecular weight is 391 g/mol. The van der Waals surface area contributed by atoms with Crippen molar-refractivity contribution in [2.24, 2.45) is 0 Å². The maximum atomic E-state index is 5.73. The Bertz CT molecular complexity index is 1130. The van der Waals surface area contributed by atoms with Gasteiger partial charge in [0.05, 0.1) is 11.4 Å². The lowest BCUT2D eigenvalue weighted by molar-refractivity contribution is 0.573. The molecular weight excluding hydrogens is 368 g/mol. The Morgan fingerprint density at radius 2 is 1.79 bits per heavy atom. The number of para-hydroxylation sites is 1. The number of hydrogen-bond donors (Lipinski definition) is 0. The van der Waals surface area contributed by atoms with Crippen molar-refractivity contribution in [1.82, 2.24) is 19.7 Å². The molecule has 28 heavy (non-hydrogen) atoms. The highest BCUT2D eigenvalue weighted by molar-refractivity contribution is 7.98. The standard InChI is InChI=1S/C22H22N4OS/c1-14-9-10-19(16(3)11-14)21-23-18(12-27-21)13-28-22-25-24-17(4)26(22)20-8-6-5-7-15(20)2/h5-12H,13H2,1-4H3. The minimum atomic E-state index is 0.657. The second kappa shape index (κ2) is 7.64. The average Bonchev–Trinajstić information content (AvgIpc) is 3.27. The van der Waals surface area contributed by atoms with Crippen molar-refractivity contribution in [3.8, 4) is 17.1 Å². The van der Waals surface area contributed by atoms with Crippen LogP contribution in [0.2, 0.25) is 0 Å². The molecule has 2 heterocycles. The summed E-state index contributed by atoms with van der Waals surface area (Å²) in [5.41, 5.74) is 6.60. The quantitative estimate of drug-likeness (QED) is 0.424. The van der Waals surface area contributed by atoms with Gasteiger partial charge in [-0.2, -0.15) is 0 Å². The first kappa shape index (κ1) is 18.5. The molecule has 142 valence electrons. The number of hydrogen-bond acceptors (Lipinski definition) is 5. The highest BCUT2D eigenvalue weighted by Crippen LogP contribution is 2.28. The van der Waals surface area contributed by atoms with Crippen LogP contribution in [-0.4, -0.2) is 19.7 Å². The summed E-state index contributed by atoms with van der Waals surface area (Å²) in [5, 5.41) is 9.47. The first-order valence-corrected chi connectivity index (χ1v) is 10.1. The summed E-state index contributed by atoms with van der Waals surface area (Å²) in [6.07, 6.45) is 1.73. The van der Waals surface area contributed by atoms with Gasteiger partial charge < -0.3 is 4.42 Å². The van der Waals surface area contributed by atoms with Gasteiger partial charge in [-0.15, -0.1) is 10.2 Å². The molecule has 4 rings (SSSR count). The number of nitrogens with zero attached hydrogens (tertiary/aromatic N) is 4. The van der Waals surface area contributed by atoms with Crippen LogP contribution in [0.25, 0.3) is 17.1 Å². The van der Waals surface area contributed by atoms with Gasteiger partial charge in [-0.25, -0.2) is 4.98 Å². The van der Waals surface area contributed by atoms with Gasteiger partial charge in [-0.05, 0) is 51.0 Å². The van der Waals surface area contributed by atoms with Crippen molar-refractivity contribution in [2.45, 2.75) is 38.6 Å². The molecule has 0 bridgehead atoms. The fourth-order valence-corrected chi connectivity index (χ4v) is 4.08. The van der Waals surface area contributed by atoms with Crippen LogP contribution in [0.4, 0.5) is 0 Å². The van der Waals surface area contributed by atoms with Gasteiger partial charge in [-0.3, -0.25) is 4.57 Å². The Kier molecular flexibility index (Phi) is 5.05. The Balaban J connectivity index is 1.55. The van der Waals surface area contributed by atoms with E-state index >= 15 is 0 Å². The van der Waals surface area contributed by atoms with Crippen LogP contribution in [0.15, 0.2) is 58.3 Å². The minimum Gasteiger partial charge on any atom is -0.444 e. The van der Waals surface area contributed by atoms with E-state index in [9.17, 15) is 0 Å². The molecule has 0 unspecified atom stereocenters. The van der Waals surface area contributed by atoms with Crippen molar-refractivity contribution >= 4 is 11.8 Å². The summed E-state index contributed by atoms with van der Waals surface area (Å²) in [7, 11) is 0. The largest absolute Gasteiger partial charge is 0.444 e. The van der Waals surface area contributed by atoms with Crippen molar-refractivity contribution < 1.29 is 4.42 Å². The lowest BCUT2D eigenvalue weighted by Gasteiger charge is -2.10. The van der Waals surface area contributed by atoms with Crippen molar-refractivity contribution in [1.29, 1.82) is 0 Å². The van der Waals surface area contributed by atoms with E-state index in [1.807, 2.05) is 19.1 Å². The molecule has 5 nitrogen and oxygen atoms in total. The normalized spacial score (nSPS) is 11.1. The van der Waals surface area contributed by atoms with Gasteiger partial charge in [0.1, 0.15) is 12.1 Å². The summed E-state index contributed by atoms with van der Waals surface area (Å²) < 4.78 is 7.82. The highest BCUT2D eigenvalue weighted by Gasteiger charge is 2.15. The summed E-state index contributed by atoms with van der Waals surface area (Å²) in [6.45, 7) is 8.23. The first-order chi connectivity index (χ1) is 13.5. The lowest BCUT2D eigenvalue weighted by atomic mass is 10.1. The molecule has 0 aliphatic rings. The van der Waals surface area contributed by atoms with E-state index in [0.29, 0.717) is 11.6 Å². The van der Waals surface area contributed by atoms with Gasteiger partial charge in [0.15, 0.2) is 5.16 Å². The van der Waals surface area contributed by atoms with Gasteiger partial charge in [-0.1, -0.05) is 47.7 Å². The molecule has 0 aliphatic heterocycles. The molecule has 0 radical (unpaired) electrons. The summed E-state index contributed by atoms with van der Waals surface area (Å²) in [5.74, 6) is 2.19. The predicted octanol–water partition coefficient (Wildman–Crippen LogP) is 5.45. The van der Waals surface area contributed by atoms with E-state index in [-0.39, 0.29) is 0 Å². The third-order valence-corrected chi connectivity index (χ3v) is 5.63. The molecule has 0 amide bonds.